The summed E-state index contributed by atoms with van der Waals surface area (Å²) in [5, 5.41) is 7.14. The molecule has 0 aliphatic heterocycles. The number of sulfone groups is 1. The summed E-state index contributed by atoms with van der Waals surface area (Å²) in [4.78, 5) is 0.316. The van der Waals surface area contributed by atoms with E-state index in [1.54, 1.807) is 6.26 Å². The Morgan fingerprint density at radius 3 is 2.62 bits per heavy atom. The van der Waals surface area contributed by atoms with Crippen molar-refractivity contribution in [3.05, 3.63) is 40.0 Å². The van der Waals surface area contributed by atoms with Crippen molar-refractivity contribution in [3.8, 4) is 0 Å². The fourth-order valence-electron chi connectivity index (χ4n) is 1.59. The molecule has 1 heterocycles. The van der Waals surface area contributed by atoms with E-state index in [2.05, 4.69) is 0 Å². The average Bonchev–Trinajstić information content (AvgIpc) is 2.86. The predicted molar refractivity (Wildman–Crippen MR) is 84.0 cm³/mol. The summed E-state index contributed by atoms with van der Waals surface area (Å²) in [5.41, 5.74) is 5.40. The zero-order valence-corrected chi connectivity index (χ0v) is 13.9. The summed E-state index contributed by atoms with van der Waals surface area (Å²) in [6.45, 7) is 0. The van der Waals surface area contributed by atoms with E-state index < -0.39 is 15.7 Å². The maximum absolute atomic E-state index is 13.2. The first kappa shape index (κ1) is 16.3. The normalized spacial score (nSPS) is 11.6. The molecule has 0 radical (unpaired) electrons. The van der Waals surface area contributed by atoms with Gasteiger partial charge in [0, 0.05) is 0 Å². The minimum Gasteiger partial charge on any atom is -0.383 e. The smallest absolute Gasteiger partial charge is 0.208 e. The van der Waals surface area contributed by atoms with E-state index >= 15 is 0 Å². The highest BCUT2D eigenvalue weighted by molar-refractivity contribution is 8.01. The highest BCUT2D eigenvalue weighted by atomic mass is 35.5. The van der Waals surface area contributed by atoms with Crippen molar-refractivity contribution < 1.29 is 12.8 Å². The summed E-state index contributed by atoms with van der Waals surface area (Å²) in [6.07, 6.45) is 1.73. The second-order valence-corrected chi connectivity index (χ2v) is 8.41. The third kappa shape index (κ3) is 3.08. The topological polar surface area (TPSA) is 84.0 Å². The summed E-state index contributed by atoms with van der Waals surface area (Å²) in [5.74, 6) is -0.885. The Bertz CT molecular complexity index is 818. The van der Waals surface area contributed by atoms with Gasteiger partial charge in [0.05, 0.1) is 23.9 Å². The fourth-order valence-corrected chi connectivity index (χ4v) is 5.72. The lowest BCUT2D eigenvalue weighted by Crippen LogP contribution is -2.08. The van der Waals surface area contributed by atoms with E-state index in [9.17, 15) is 12.8 Å². The van der Waals surface area contributed by atoms with Gasteiger partial charge >= 0.3 is 0 Å². The van der Waals surface area contributed by atoms with Crippen molar-refractivity contribution >= 4 is 50.4 Å². The number of rotatable bonds is 4. The highest BCUT2D eigenvalue weighted by Gasteiger charge is 2.25. The van der Waals surface area contributed by atoms with Crippen molar-refractivity contribution in [2.75, 3.05) is 6.26 Å². The molecule has 0 amide bonds. The van der Waals surface area contributed by atoms with Crippen LogP contribution >= 0.6 is 34.7 Å². The lowest BCUT2D eigenvalue weighted by Gasteiger charge is -2.05. The number of nitrogens with two attached hydrogens (primary N) is 1. The molecule has 0 spiro atoms. The number of amidine groups is 1. The van der Waals surface area contributed by atoms with Crippen LogP contribution < -0.4 is 5.73 Å². The van der Waals surface area contributed by atoms with Crippen molar-refractivity contribution in [3.63, 3.8) is 0 Å². The molecular weight excluding hydrogens is 355 g/mol. The van der Waals surface area contributed by atoms with E-state index in [0.717, 1.165) is 29.5 Å². The maximum Gasteiger partial charge on any atom is 0.208 e. The van der Waals surface area contributed by atoms with Crippen LogP contribution in [0.2, 0.25) is 5.02 Å². The van der Waals surface area contributed by atoms with Gasteiger partial charge in [-0.3, -0.25) is 5.41 Å². The number of halogens is 2. The zero-order valence-electron chi connectivity index (χ0n) is 10.7. The van der Waals surface area contributed by atoms with Crippen molar-refractivity contribution in [2.24, 2.45) is 5.73 Å². The van der Waals surface area contributed by atoms with Gasteiger partial charge in [-0.1, -0.05) is 11.6 Å². The maximum atomic E-state index is 13.2. The molecule has 0 fully saturated rings. The minimum absolute atomic E-state index is 0.0490. The number of hydrogen-bond acceptors (Lipinski definition) is 5. The Balaban J connectivity index is 2.63. The van der Waals surface area contributed by atoms with Crippen LogP contribution in [0.15, 0.2) is 38.3 Å². The predicted octanol–water partition coefficient (Wildman–Crippen LogP) is 3.38. The van der Waals surface area contributed by atoms with E-state index in [4.69, 9.17) is 22.7 Å². The molecule has 0 saturated carbocycles. The Morgan fingerprint density at radius 2 is 2.10 bits per heavy atom. The molecule has 0 saturated heterocycles. The second kappa shape index (κ2) is 5.96. The number of hydrogen-bond donors (Lipinski definition) is 2. The van der Waals surface area contributed by atoms with Gasteiger partial charge in [0.15, 0.2) is 0 Å². The average molecular weight is 365 g/mol. The molecule has 0 bridgehead atoms. The van der Waals surface area contributed by atoms with Gasteiger partial charge in [-0.2, -0.15) is 0 Å². The monoisotopic (exact) mass is 364 g/mol. The first-order valence-corrected chi connectivity index (χ1v) is 9.40. The summed E-state index contributed by atoms with van der Waals surface area (Å²) < 4.78 is 38.9. The summed E-state index contributed by atoms with van der Waals surface area (Å²) >= 11 is 8.01. The molecule has 3 N–H and O–H groups in total. The van der Waals surface area contributed by atoms with Crippen LogP contribution in [-0.4, -0.2) is 20.5 Å². The van der Waals surface area contributed by atoms with Crippen molar-refractivity contribution in [1.29, 1.82) is 5.41 Å². The lowest BCUT2D eigenvalue weighted by molar-refractivity contribution is 0.593. The van der Waals surface area contributed by atoms with E-state index in [1.807, 2.05) is 0 Å². The van der Waals surface area contributed by atoms with E-state index in [0.29, 0.717) is 9.09 Å². The van der Waals surface area contributed by atoms with Gasteiger partial charge in [-0.15, -0.1) is 23.1 Å². The molecule has 0 aliphatic rings. The standard InChI is InChI=1S/C12H10ClFN2O2S3/c1-19-12-10(5-9(20-12)11(15)16)21(17,18)6-2-3-8(14)7(13)4-6/h2-5H,1H3,(H3,15,16). The zero-order chi connectivity index (χ0) is 15.8. The molecule has 1 aromatic heterocycles. The lowest BCUT2D eigenvalue weighted by atomic mass is 10.3. The van der Waals surface area contributed by atoms with Gasteiger partial charge in [0.2, 0.25) is 9.84 Å². The molecule has 2 rings (SSSR count). The quantitative estimate of drug-likeness (QED) is 0.377. The molecule has 2 aromatic rings. The first-order chi connectivity index (χ1) is 9.77. The number of nitrogens with one attached hydrogen (secondary N) is 1. The molecule has 0 aliphatic carbocycles. The van der Waals surface area contributed by atoms with Crippen LogP contribution in [0, 0.1) is 11.2 Å². The molecule has 0 unspecified atom stereocenters. The molecule has 21 heavy (non-hydrogen) atoms. The molecule has 0 atom stereocenters. The van der Waals surface area contributed by atoms with Crippen LogP contribution in [0.25, 0.3) is 0 Å². The summed E-state index contributed by atoms with van der Waals surface area (Å²) in [6, 6.07) is 4.59. The third-order valence-electron chi connectivity index (χ3n) is 2.61. The molecule has 1 aromatic carbocycles. The van der Waals surface area contributed by atoms with E-state index in [-0.39, 0.29) is 20.6 Å². The van der Waals surface area contributed by atoms with Crippen LogP contribution in [0.1, 0.15) is 4.88 Å². The number of nitrogen functional groups attached to an aromatic ring is 1. The van der Waals surface area contributed by atoms with Gasteiger partial charge in [0.25, 0.3) is 0 Å². The van der Waals surface area contributed by atoms with E-state index in [1.165, 1.54) is 17.8 Å². The van der Waals surface area contributed by atoms with Gasteiger partial charge in [0.1, 0.15) is 11.7 Å². The molecule has 112 valence electrons. The van der Waals surface area contributed by atoms with Crippen LogP contribution in [0.4, 0.5) is 4.39 Å². The van der Waals surface area contributed by atoms with Gasteiger partial charge in [-0.05, 0) is 30.5 Å². The van der Waals surface area contributed by atoms with Crippen molar-refractivity contribution in [1.82, 2.24) is 0 Å². The molecule has 4 nitrogen and oxygen atoms in total. The minimum atomic E-state index is -3.85. The highest BCUT2D eigenvalue weighted by Crippen LogP contribution is 2.37. The number of thiophene rings is 1. The summed E-state index contributed by atoms with van der Waals surface area (Å²) in [7, 11) is -3.85. The number of benzene rings is 1. The largest absolute Gasteiger partial charge is 0.383 e. The van der Waals surface area contributed by atoms with Gasteiger partial charge < -0.3 is 5.73 Å². The third-order valence-corrected chi connectivity index (χ3v) is 7.24. The Morgan fingerprint density at radius 1 is 1.43 bits per heavy atom. The fraction of sp³-hybridized carbons (Fsp3) is 0.0833. The second-order valence-electron chi connectivity index (χ2n) is 3.96. The van der Waals surface area contributed by atoms with Crippen molar-refractivity contribution in [2.45, 2.75) is 14.0 Å². The van der Waals surface area contributed by atoms with Crippen LogP contribution in [-0.2, 0) is 9.84 Å². The Hall–Kier alpha value is -1.09. The SMILES string of the molecule is CSc1sc(C(=N)N)cc1S(=O)(=O)c1ccc(F)c(Cl)c1. The Labute approximate surface area is 134 Å². The molecular formula is C12H10ClFN2O2S3. The van der Waals surface area contributed by atoms with Crippen LogP contribution in [0.5, 0.6) is 0 Å². The first-order valence-electron chi connectivity index (χ1n) is 5.49. The van der Waals surface area contributed by atoms with Crippen LogP contribution in [0.3, 0.4) is 0 Å². The number of thioether (sulfide) groups is 1. The van der Waals surface area contributed by atoms with Gasteiger partial charge in [-0.25, -0.2) is 12.8 Å². The Kier molecular flexibility index (Phi) is 4.62. The molecule has 9 heteroatoms.